The monoisotopic (exact) mass is 433 g/mol. The molecule has 33 heavy (non-hydrogen) atoms. The molecule has 0 amide bonds. The van der Waals surface area contributed by atoms with Crippen LogP contribution >= 0.6 is 0 Å². The molecule has 0 saturated heterocycles. The molecule has 0 spiro atoms. The fourth-order valence-electron chi connectivity index (χ4n) is 4.33. The van der Waals surface area contributed by atoms with E-state index in [1.54, 1.807) is 0 Å². The number of H-pyrrole nitrogens is 2. The van der Waals surface area contributed by atoms with Gasteiger partial charge < -0.3 is 19.3 Å². The summed E-state index contributed by atoms with van der Waals surface area (Å²) in [5.74, 6) is 0.608. The number of nitrogens with zero attached hydrogens (tertiary/aromatic N) is 3. The average molecular weight is 434 g/mol. The molecule has 6 nitrogen and oxygen atoms in total. The second-order valence-corrected chi connectivity index (χ2v) is 8.13. The van der Waals surface area contributed by atoms with E-state index >= 15 is 0 Å². The fraction of sp³-hybridized carbons (Fsp3) is 0.111. The van der Waals surface area contributed by atoms with Gasteiger partial charge in [-0.25, -0.2) is 9.97 Å². The third-order valence-corrected chi connectivity index (χ3v) is 6.06. The smallest absolute Gasteiger partial charge is 0.214 e. The third kappa shape index (κ3) is 3.76. The van der Waals surface area contributed by atoms with E-state index in [-0.39, 0.29) is 0 Å². The Morgan fingerprint density at radius 3 is 2.64 bits per heavy atom. The molecule has 0 aliphatic heterocycles. The summed E-state index contributed by atoms with van der Waals surface area (Å²) in [6, 6.07) is 20.5. The Balaban J connectivity index is 1.25. The van der Waals surface area contributed by atoms with Gasteiger partial charge in [0.15, 0.2) is 0 Å². The maximum atomic E-state index is 5.96. The van der Waals surface area contributed by atoms with E-state index in [9.17, 15) is 0 Å². The van der Waals surface area contributed by atoms with Gasteiger partial charge in [0, 0.05) is 46.9 Å². The number of aryl methyl sites for hydroxylation is 2. The molecule has 162 valence electrons. The van der Waals surface area contributed by atoms with Crippen molar-refractivity contribution < 1.29 is 4.74 Å². The van der Waals surface area contributed by atoms with E-state index in [1.165, 1.54) is 16.5 Å². The minimum atomic E-state index is 0.488. The maximum absolute atomic E-state index is 5.96. The Bertz CT molecular complexity index is 1530. The topological polar surface area (TPSA) is 71.5 Å². The van der Waals surface area contributed by atoms with Crippen molar-refractivity contribution in [2.24, 2.45) is 0 Å². The van der Waals surface area contributed by atoms with E-state index in [1.807, 2.05) is 61.3 Å². The molecule has 6 rings (SSSR count). The summed E-state index contributed by atoms with van der Waals surface area (Å²) in [6.45, 7) is 1.33. The van der Waals surface area contributed by atoms with Crippen LogP contribution in [0.1, 0.15) is 11.1 Å². The third-order valence-electron chi connectivity index (χ3n) is 6.06. The van der Waals surface area contributed by atoms with Crippen LogP contribution in [0.25, 0.3) is 33.1 Å². The lowest BCUT2D eigenvalue weighted by molar-refractivity contribution is 0.294. The SMILES string of the molecule is c1ccc(COc2cc3c(-c4cncn4CCc4c[nH]c5ccccc45)c[nH]c3cn2)cc1. The summed E-state index contributed by atoms with van der Waals surface area (Å²) >= 11 is 0. The number of fused-ring (bicyclic) bond motifs is 2. The van der Waals surface area contributed by atoms with Gasteiger partial charge in [-0.3, -0.25) is 0 Å². The highest BCUT2D eigenvalue weighted by Crippen LogP contribution is 2.30. The Hall–Kier alpha value is -4.32. The van der Waals surface area contributed by atoms with Crippen LogP contribution in [0.5, 0.6) is 5.88 Å². The molecule has 0 atom stereocenters. The number of para-hydroxylation sites is 1. The first-order valence-corrected chi connectivity index (χ1v) is 11.0. The molecular formula is C27H23N5O. The summed E-state index contributed by atoms with van der Waals surface area (Å²) in [5.41, 5.74) is 6.73. The lowest BCUT2D eigenvalue weighted by Gasteiger charge is -2.08. The van der Waals surface area contributed by atoms with E-state index in [2.05, 4.69) is 55.0 Å². The minimum absolute atomic E-state index is 0.488. The summed E-state index contributed by atoms with van der Waals surface area (Å²) in [6.07, 6.45) is 10.7. The number of imidazole rings is 1. The van der Waals surface area contributed by atoms with Crippen LogP contribution in [-0.4, -0.2) is 24.5 Å². The molecule has 2 aromatic carbocycles. The van der Waals surface area contributed by atoms with Crippen LogP contribution in [0.4, 0.5) is 0 Å². The van der Waals surface area contributed by atoms with Gasteiger partial charge in [0.2, 0.25) is 5.88 Å². The van der Waals surface area contributed by atoms with Crippen molar-refractivity contribution in [3.8, 4) is 17.1 Å². The number of hydrogen-bond donors (Lipinski definition) is 2. The number of hydrogen-bond acceptors (Lipinski definition) is 3. The van der Waals surface area contributed by atoms with Crippen molar-refractivity contribution in [2.45, 2.75) is 19.6 Å². The first kappa shape index (κ1) is 19.4. The van der Waals surface area contributed by atoms with Gasteiger partial charge in [-0.15, -0.1) is 0 Å². The molecule has 6 heteroatoms. The summed E-state index contributed by atoms with van der Waals surface area (Å²) in [4.78, 5) is 15.6. The predicted octanol–water partition coefficient (Wildman–Crippen LogP) is 5.73. The van der Waals surface area contributed by atoms with Crippen LogP contribution in [-0.2, 0) is 19.6 Å². The minimum Gasteiger partial charge on any atom is -0.473 e. The number of pyridine rings is 1. The van der Waals surface area contributed by atoms with Crippen molar-refractivity contribution in [2.75, 3.05) is 0 Å². The Morgan fingerprint density at radius 2 is 1.70 bits per heavy atom. The first-order chi connectivity index (χ1) is 16.3. The quantitative estimate of drug-likeness (QED) is 0.338. The Morgan fingerprint density at radius 1 is 0.848 bits per heavy atom. The van der Waals surface area contributed by atoms with Crippen LogP contribution in [0, 0.1) is 0 Å². The average Bonchev–Trinajstić information content (AvgIpc) is 3.59. The summed E-state index contributed by atoms with van der Waals surface area (Å²) in [5, 5.41) is 2.35. The number of benzene rings is 2. The normalized spacial score (nSPS) is 11.4. The Kier molecular flexibility index (Phi) is 4.88. The van der Waals surface area contributed by atoms with Gasteiger partial charge >= 0.3 is 0 Å². The molecule has 2 N–H and O–H groups in total. The lowest BCUT2D eigenvalue weighted by Crippen LogP contribution is -2.01. The number of nitrogens with one attached hydrogen (secondary N) is 2. The van der Waals surface area contributed by atoms with Crippen LogP contribution < -0.4 is 4.74 Å². The number of aromatic nitrogens is 5. The summed E-state index contributed by atoms with van der Waals surface area (Å²) in [7, 11) is 0. The largest absolute Gasteiger partial charge is 0.473 e. The zero-order chi connectivity index (χ0) is 22.0. The molecule has 6 aromatic rings. The van der Waals surface area contributed by atoms with Gasteiger partial charge in [0.05, 0.1) is 29.9 Å². The Labute approximate surface area is 190 Å². The molecule has 0 radical (unpaired) electrons. The highest BCUT2D eigenvalue weighted by atomic mass is 16.5. The van der Waals surface area contributed by atoms with E-state index in [0.29, 0.717) is 12.5 Å². The molecule has 0 aliphatic carbocycles. The van der Waals surface area contributed by atoms with Crippen molar-refractivity contribution in [3.05, 3.63) is 103 Å². The zero-order valence-electron chi connectivity index (χ0n) is 18.0. The van der Waals surface area contributed by atoms with Gasteiger partial charge in [-0.1, -0.05) is 48.5 Å². The van der Waals surface area contributed by atoms with Gasteiger partial charge in [0.25, 0.3) is 0 Å². The standard InChI is InChI=1S/C27H23N5O/c1-2-6-19(7-3-1)17-33-27-12-22-23(14-30-25(22)15-31-27)26-16-28-18-32(26)11-10-20-13-29-24-9-5-4-8-21(20)24/h1-9,12-16,18,29-30H,10-11,17H2. The van der Waals surface area contributed by atoms with Gasteiger partial charge in [-0.05, 0) is 23.6 Å². The van der Waals surface area contributed by atoms with Crippen molar-refractivity contribution in [3.63, 3.8) is 0 Å². The van der Waals surface area contributed by atoms with Crippen molar-refractivity contribution in [1.29, 1.82) is 0 Å². The van der Waals surface area contributed by atoms with E-state index in [0.717, 1.165) is 40.7 Å². The van der Waals surface area contributed by atoms with Crippen LogP contribution in [0.3, 0.4) is 0 Å². The highest BCUT2D eigenvalue weighted by Gasteiger charge is 2.13. The highest BCUT2D eigenvalue weighted by molar-refractivity contribution is 5.94. The molecule has 0 aliphatic rings. The maximum Gasteiger partial charge on any atom is 0.214 e. The van der Waals surface area contributed by atoms with Crippen molar-refractivity contribution >= 4 is 21.8 Å². The molecular weight excluding hydrogens is 410 g/mol. The van der Waals surface area contributed by atoms with Gasteiger partial charge in [-0.2, -0.15) is 0 Å². The molecule has 4 aromatic heterocycles. The second-order valence-electron chi connectivity index (χ2n) is 8.13. The molecule has 4 heterocycles. The van der Waals surface area contributed by atoms with Crippen LogP contribution in [0.15, 0.2) is 91.8 Å². The fourth-order valence-corrected chi connectivity index (χ4v) is 4.33. The number of rotatable bonds is 7. The van der Waals surface area contributed by atoms with Crippen molar-refractivity contribution in [1.82, 2.24) is 24.5 Å². The predicted molar refractivity (Wildman–Crippen MR) is 130 cm³/mol. The zero-order valence-corrected chi connectivity index (χ0v) is 18.0. The summed E-state index contributed by atoms with van der Waals surface area (Å²) < 4.78 is 8.16. The second kappa shape index (κ2) is 8.31. The number of ether oxygens (including phenoxy) is 1. The first-order valence-electron chi connectivity index (χ1n) is 11.0. The lowest BCUT2D eigenvalue weighted by atomic mass is 10.1. The molecule has 0 saturated carbocycles. The van der Waals surface area contributed by atoms with E-state index in [4.69, 9.17) is 4.74 Å². The van der Waals surface area contributed by atoms with Gasteiger partial charge in [0.1, 0.15) is 6.61 Å². The molecule has 0 bridgehead atoms. The number of aromatic amines is 2. The van der Waals surface area contributed by atoms with Crippen LogP contribution in [0.2, 0.25) is 0 Å². The molecule has 0 fully saturated rings. The van der Waals surface area contributed by atoms with E-state index < -0.39 is 0 Å². The molecule has 0 unspecified atom stereocenters.